The highest BCUT2D eigenvalue weighted by Crippen LogP contribution is 2.45. The molecule has 8 atom stereocenters. The molecule has 1 saturated heterocycles. The highest BCUT2D eigenvalue weighted by Gasteiger charge is 2.58. The number of fused-ring (bicyclic) bond motifs is 1. The maximum absolute atomic E-state index is 13.7. The van der Waals surface area contributed by atoms with Gasteiger partial charge in [-0.05, 0) is 25.2 Å². The van der Waals surface area contributed by atoms with Crippen LogP contribution >= 0.6 is 0 Å². The van der Waals surface area contributed by atoms with Crippen LogP contribution in [0.1, 0.15) is 53.9 Å². The average Bonchev–Trinajstić information content (AvgIpc) is 3.00. The Morgan fingerprint density at radius 2 is 1.87 bits per heavy atom. The predicted octanol–water partition coefficient (Wildman–Crippen LogP) is 1.71. The van der Waals surface area contributed by atoms with Crippen LogP contribution in [0, 0.1) is 29.6 Å². The van der Waals surface area contributed by atoms with E-state index < -0.39 is 23.9 Å². The van der Waals surface area contributed by atoms with Crippen LogP contribution in [0.25, 0.3) is 0 Å². The number of carbonyl (C=O) groups excluding carboxylic acids is 3. The molecular formula is C23H39N3O4. The van der Waals surface area contributed by atoms with E-state index in [1.54, 1.807) is 11.9 Å². The molecule has 0 bridgehead atoms. The lowest BCUT2D eigenvalue weighted by Gasteiger charge is -2.36. The van der Waals surface area contributed by atoms with Crippen LogP contribution in [0.3, 0.4) is 0 Å². The van der Waals surface area contributed by atoms with Gasteiger partial charge in [-0.3, -0.25) is 14.4 Å². The minimum absolute atomic E-state index is 0.00379. The zero-order valence-corrected chi connectivity index (χ0v) is 19.2. The molecule has 1 heterocycles. The molecule has 2 aliphatic rings. The SMILES string of the molecule is CCCC(C)NC(=O)[C@@H]1[C@H]2C=C[C@@H](C)[C@@H](C(=O)NC)[C@H]2C(=O)N1[C@@H](CO)[C@@H](C)CC. The van der Waals surface area contributed by atoms with E-state index in [2.05, 4.69) is 17.6 Å². The van der Waals surface area contributed by atoms with Crippen molar-refractivity contribution in [2.24, 2.45) is 29.6 Å². The van der Waals surface area contributed by atoms with Gasteiger partial charge >= 0.3 is 0 Å². The van der Waals surface area contributed by atoms with Gasteiger partial charge in [0.1, 0.15) is 6.04 Å². The fourth-order valence-corrected chi connectivity index (χ4v) is 5.11. The molecular weight excluding hydrogens is 382 g/mol. The third-order valence-electron chi connectivity index (χ3n) is 6.98. The molecule has 3 N–H and O–H groups in total. The number of hydrogen-bond donors (Lipinski definition) is 3. The van der Waals surface area contributed by atoms with Crippen molar-refractivity contribution in [3.8, 4) is 0 Å². The van der Waals surface area contributed by atoms with E-state index in [-0.39, 0.29) is 48.1 Å². The van der Waals surface area contributed by atoms with Gasteiger partial charge in [0.25, 0.3) is 0 Å². The van der Waals surface area contributed by atoms with E-state index in [4.69, 9.17) is 0 Å². The monoisotopic (exact) mass is 421 g/mol. The van der Waals surface area contributed by atoms with E-state index in [1.807, 2.05) is 39.8 Å². The van der Waals surface area contributed by atoms with Crippen molar-refractivity contribution in [1.29, 1.82) is 0 Å². The molecule has 7 nitrogen and oxygen atoms in total. The summed E-state index contributed by atoms with van der Waals surface area (Å²) in [7, 11) is 1.58. The Morgan fingerprint density at radius 1 is 1.20 bits per heavy atom. The van der Waals surface area contributed by atoms with Gasteiger partial charge < -0.3 is 20.6 Å². The minimum atomic E-state index is -0.719. The molecule has 1 unspecified atom stereocenters. The van der Waals surface area contributed by atoms with Crippen LogP contribution in [-0.4, -0.2) is 59.5 Å². The van der Waals surface area contributed by atoms with Crippen molar-refractivity contribution in [3.63, 3.8) is 0 Å². The van der Waals surface area contributed by atoms with Gasteiger partial charge in [0.05, 0.1) is 24.5 Å². The first-order chi connectivity index (χ1) is 14.2. The van der Waals surface area contributed by atoms with Crippen molar-refractivity contribution < 1.29 is 19.5 Å². The molecule has 0 radical (unpaired) electrons. The predicted molar refractivity (Wildman–Crippen MR) is 116 cm³/mol. The van der Waals surface area contributed by atoms with E-state index in [9.17, 15) is 19.5 Å². The number of likely N-dealkylation sites (tertiary alicyclic amines) is 1. The maximum atomic E-state index is 13.7. The number of allylic oxidation sites excluding steroid dienone is 1. The summed E-state index contributed by atoms with van der Waals surface area (Å²) in [6.45, 7) is 9.74. The first-order valence-corrected chi connectivity index (χ1v) is 11.4. The summed E-state index contributed by atoms with van der Waals surface area (Å²) < 4.78 is 0. The Kier molecular flexibility index (Phi) is 8.47. The summed E-state index contributed by atoms with van der Waals surface area (Å²) in [5, 5.41) is 15.9. The highest BCUT2D eigenvalue weighted by atomic mass is 16.3. The van der Waals surface area contributed by atoms with E-state index >= 15 is 0 Å². The fourth-order valence-electron chi connectivity index (χ4n) is 5.11. The first-order valence-electron chi connectivity index (χ1n) is 11.4. The van der Waals surface area contributed by atoms with Crippen molar-refractivity contribution >= 4 is 17.7 Å². The number of hydrogen-bond acceptors (Lipinski definition) is 4. The summed E-state index contributed by atoms with van der Waals surface area (Å²) in [6.07, 6.45) is 6.46. The number of nitrogens with zero attached hydrogens (tertiary/aromatic N) is 1. The Bertz CT molecular complexity index is 665. The molecule has 1 fully saturated rings. The molecule has 1 aliphatic carbocycles. The quantitative estimate of drug-likeness (QED) is 0.494. The Morgan fingerprint density at radius 3 is 2.40 bits per heavy atom. The molecule has 0 aromatic heterocycles. The van der Waals surface area contributed by atoms with E-state index in [0.29, 0.717) is 0 Å². The van der Waals surface area contributed by atoms with Gasteiger partial charge in [-0.25, -0.2) is 0 Å². The zero-order chi connectivity index (χ0) is 22.6. The minimum Gasteiger partial charge on any atom is -0.394 e. The molecule has 0 saturated carbocycles. The highest BCUT2D eigenvalue weighted by molar-refractivity contribution is 5.97. The Labute approximate surface area is 180 Å². The normalized spacial score (nSPS) is 31.1. The number of aliphatic hydroxyl groups excluding tert-OH is 1. The lowest BCUT2D eigenvalue weighted by Crippen LogP contribution is -2.55. The summed E-state index contributed by atoms with van der Waals surface area (Å²) in [4.78, 5) is 41.3. The number of rotatable bonds is 9. The van der Waals surface area contributed by atoms with Gasteiger partial charge in [0.2, 0.25) is 17.7 Å². The summed E-state index contributed by atoms with van der Waals surface area (Å²) in [5.41, 5.74) is 0. The smallest absolute Gasteiger partial charge is 0.243 e. The lowest BCUT2D eigenvalue weighted by molar-refractivity contribution is -0.144. The molecule has 30 heavy (non-hydrogen) atoms. The third kappa shape index (κ3) is 4.56. The van der Waals surface area contributed by atoms with Crippen LogP contribution in [0.15, 0.2) is 12.2 Å². The summed E-state index contributed by atoms with van der Waals surface area (Å²) >= 11 is 0. The average molecular weight is 422 g/mol. The molecule has 0 aromatic rings. The molecule has 0 spiro atoms. The van der Waals surface area contributed by atoms with Crippen LogP contribution in [0.4, 0.5) is 0 Å². The maximum Gasteiger partial charge on any atom is 0.243 e. The van der Waals surface area contributed by atoms with Crippen molar-refractivity contribution in [2.75, 3.05) is 13.7 Å². The van der Waals surface area contributed by atoms with Gasteiger partial charge in [-0.15, -0.1) is 0 Å². The van der Waals surface area contributed by atoms with Gasteiger partial charge in [-0.1, -0.05) is 52.7 Å². The second-order valence-electron chi connectivity index (χ2n) is 9.01. The van der Waals surface area contributed by atoms with Crippen LogP contribution in [0.5, 0.6) is 0 Å². The largest absolute Gasteiger partial charge is 0.394 e. The van der Waals surface area contributed by atoms with Crippen LogP contribution in [-0.2, 0) is 14.4 Å². The second-order valence-corrected chi connectivity index (χ2v) is 9.01. The second kappa shape index (κ2) is 10.4. The Balaban J connectivity index is 2.50. The molecule has 3 amide bonds. The van der Waals surface area contributed by atoms with Crippen LogP contribution < -0.4 is 10.6 Å². The van der Waals surface area contributed by atoms with E-state index in [0.717, 1.165) is 19.3 Å². The molecule has 2 rings (SSSR count). The number of carbonyl (C=O) groups is 3. The number of aliphatic hydroxyl groups is 1. The fraction of sp³-hybridized carbons (Fsp3) is 0.783. The van der Waals surface area contributed by atoms with Crippen LogP contribution in [0.2, 0.25) is 0 Å². The van der Waals surface area contributed by atoms with E-state index in [1.165, 1.54) is 0 Å². The summed E-state index contributed by atoms with van der Waals surface area (Å²) in [5.74, 6) is -2.16. The first kappa shape index (κ1) is 24.4. The molecule has 170 valence electrons. The van der Waals surface area contributed by atoms with Gasteiger partial charge in [0.15, 0.2) is 0 Å². The standard InChI is InChI=1S/C23H39N3O4/c1-7-9-15(5)25-22(29)20-16-11-10-14(4)18(21(28)24-6)19(16)23(30)26(20)17(12-27)13(3)8-2/h10-11,13-20,27H,7-9,12H2,1-6H3,(H,24,28)(H,25,29)/t13-,14+,15?,16-,17-,18+,19-,20-/m0/s1. The summed E-state index contributed by atoms with van der Waals surface area (Å²) in [6, 6.07) is -1.18. The molecule has 0 aromatic carbocycles. The third-order valence-corrected chi connectivity index (χ3v) is 6.98. The Hall–Kier alpha value is -1.89. The number of amides is 3. The molecule has 1 aliphatic heterocycles. The number of nitrogens with one attached hydrogen (secondary N) is 2. The van der Waals surface area contributed by atoms with Gasteiger partial charge in [-0.2, -0.15) is 0 Å². The molecule has 7 heteroatoms. The lowest BCUT2D eigenvalue weighted by atomic mass is 9.70. The van der Waals surface area contributed by atoms with Gasteiger partial charge in [0, 0.05) is 19.0 Å². The van der Waals surface area contributed by atoms with Crippen molar-refractivity contribution in [2.45, 2.75) is 72.0 Å². The van der Waals surface area contributed by atoms with Crippen molar-refractivity contribution in [3.05, 3.63) is 12.2 Å². The topological polar surface area (TPSA) is 98.7 Å². The zero-order valence-electron chi connectivity index (χ0n) is 19.2. The van der Waals surface area contributed by atoms with Crippen molar-refractivity contribution in [1.82, 2.24) is 15.5 Å².